The maximum absolute atomic E-state index is 13.1. The zero-order valence-electron chi connectivity index (χ0n) is 14.5. The average molecular weight is 375 g/mol. The molecular formula is C19H19ClN2O4. The number of fused-ring (bicyclic) bond motifs is 1. The molecule has 2 aromatic rings. The zero-order chi connectivity index (χ0) is 18.8. The minimum absolute atomic E-state index is 0.233. The van der Waals surface area contributed by atoms with Crippen LogP contribution in [-0.2, 0) is 4.79 Å². The first-order valence-electron chi connectivity index (χ1n) is 8.09. The lowest BCUT2D eigenvalue weighted by Gasteiger charge is -2.33. The molecule has 1 aliphatic heterocycles. The van der Waals surface area contributed by atoms with Crippen molar-refractivity contribution in [1.29, 1.82) is 0 Å². The molecule has 2 aromatic carbocycles. The number of halogens is 1. The summed E-state index contributed by atoms with van der Waals surface area (Å²) < 4.78 is 10.5. The van der Waals surface area contributed by atoms with Crippen LogP contribution in [0.2, 0.25) is 5.02 Å². The fraction of sp³-hybridized carbons (Fsp3) is 0.263. The number of nitrogens with two attached hydrogens (primary N) is 1. The van der Waals surface area contributed by atoms with Crippen LogP contribution in [-0.4, -0.2) is 32.6 Å². The van der Waals surface area contributed by atoms with Gasteiger partial charge in [-0.3, -0.25) is 9.59 Å². The number of para-hydroxylation sites is 1. The van der Waals surface area contributed by atoms with E-state index in [1.165, 1.54) is 14.2 Å². The van der Waals surface area contributed by atoms with Crippen molar-refractivity contribution in [2.24, 2.45) is 5.73 Å². The second kappa shape index (κ2) is 7.25. The molecule has 0 spiro atoms. The third-order valence-electron chi connectivity index (χ3n) is 4.51. The van der Waals surface area contributed by atoms with E-state index in [2.05, 4.69) is 0 Å². The predicted molar refractivity (Wildman–Crippen MR) is 99.2 cm³/mol. The van der Waals surface area contributed by atoms with E-state index in [0.29, 0.717) is 35.7 Å². The number of primary amides is 1. The molecule has 0 aromatic heterocycles. The van der Waals surface area contributed by atoms with Gasteiger partial charge in [0.2, 0.25) is 5.91 Å². The van der Waals surface area contributed by atoms with Gasteiger partial charge in [-0.2, -0.15) is 0 Å². The molecule has 1 atom stereocenters. The van der Waals surface area contributed by atoms with Crippen LogP contribution in [0.5, 0.6) is 11.5 Å². The van der Waals surface area contributed by atoms with Gasteiger partial charge in [0, 0.05) is 17.8 Å². The molecule has 2 N–H and O–H groups in total. The number of hydrogen-bond donors (Lipinski definition) is 1. The van der Waals surface area contributed by atoms with Crippen molar-refractivity contribution in [1.82, 2.24) is 0 Å². The van der Waals surface area contributed by atoms with Crippen LogP contribution in [0.4, 0.5) is 5.69 Å². The monoisotopic (exact) mass is 374 g/mol. The third-order valence-corrected chi connectivity index (χ3v) is 4.79. The van der Waals surface area contributed by atoms with Gasteiger partial charge in [-0.25, -0.2) is 0 Å². The van der Waals surface area contributed by atoms with Crippen molar-refractivity contribution in [3.8, 4) is 11.5 Å². The minimum Gasteiger partial charge on any atom is -0.493 e. The molecule has 0 bridgehead atoms. The van der Waals surface area contributed by atoms with E-state index in [4.69, 9.17) is 26.8 Å². The Bertz CT molecular complexity index is 869. The average Bonchev–Trinajstić information content (AvgIpc) is 2.65. The number of ether oxygens (including phenoxy) is 2. The number of benzene rings is 2. The Morgan fingerprint density at radius 3 is 2.58 bits per heavy atom. The molecule has 0 fully saturated rings. The van der Waals surface area contributed by atoms with Crippen LogP contribution in [0.1, 0.15) is 28.3 Å². The lowest BCUT2D eigenvalue weighted by Crippen LogP contribution is -2.39. The summed E-state index contributed by atoms with van der Waals surface area (Å²) in [5.41, 5.74) is 7.32. The summed E-state index contributed by atoms with van der Waals surface area (Å²) in [7, 11) is 2.96. The molecule has 6 nitrogen and oxygen atoms in total. The molecule has 0 unspecified atom stereocenters. The second-order valence-corrected chi connectivity index (χ2v) is 6.36. The first-order chi connectivity index (χ1) is 12.5. The molecule has 3 rings (SSSR count). The zero-order valence-corrected chi connectivity index (χ0v) is 15.2. The Labute approximate surface area is 156 Å². The molecule has 0 saturated heterocycles. The maximum Gasteiger partial charge on any atom is 0.258 e. The molecule has 1 aliphatic rings. The summed E-state index contributed by atoms with van der Waals surface area (Å²) in [5, 5.41) is 0.288. The topological polar surface area (TPSA) is 81.9 Å². The van der Waals surface area contributed by atoms with E-state index >= 15 is 0 Å². The van der Waals surface area contributed by atoms with E-state index in [-0.39, 0.29) is 10.9 Å². The van der Waals surface area contributed by atoms with Crippen molar-refractivity contribution in [2.45, 2.75) is 12.3 Å². The highest BCUT2D eigenvalue weighted by Gasteiger charge is 2.32. The fourth-order valence-electron chi connectivity index (χ4n) is 3.27. The largest absolute Gasteiger partial charge is 0.493 e. The SMILES string of the molecule is COc1cc(C(=O)N2CC[C@H](C(N)=O)c3ccccc32)cc(Cl)c1OC. The number of amides is 2. The first kappa shape index (κ1) is 18.1. The van der Waals surface area contributed by atoms with E-state index in [1.54, 1.807) is 17.0 Å². The van der Waals surface area contributed by atoms with Gasteiger partial charge in [-0.1, -0.05) is 29.8 Å². The Kier molecular flexibility index (Phi) is 5.04. The van der Waals surface area contributed by atoms with E-state index in [1.807, 2.05) is 24.3 Å². The highest BCUT2D eigenvalue weighted by atomic mass is 35.5. The van der Waals surface area contributed by atoms with E-state index in [9.17, 15) is 9.59 Å². The number of carbonyl (C=O) groups is 2. The number of hydrogen-bond acceptors (Lipinski definition) is 4. The number of anilines is 1. The molecule has 7 heteroatoms. The van der Waals surface area contributed by atoms with Gasteiger partial charge >= 0.3 is 0 Å². The van der Waals surface area contributed by atoms with Crippen LogP contribution in [0.15, 0.2) is 36.4 Å². The summed E-state index contributed by atoms with van der Waals surface area (Å²) in [6.45, 7) is 0.384. The number of nitrogens with zero attached hydrogens (tertiary/aromatic N) is 1. The van der Waals surface area contributed by atoms with E-state index < -0.39 is 11.8 Å². The van der Waals surface area contributed by atoms with Crippen molar-refractivity contribution in [3.63, 3.8) is 0 Å². The molecule has 0 aliphatic carbocycles. The standard InChI is InChI=1S/C19H19ClN2O4/c1-25-16-10-11(9-14(20)17(16)26-2)19(24)22-8-7-13(18(21)23)12-5-3-4-6-15(12)22/h3-6,9-10,13H,7-8H2,1-2H3,(H2,21,23)/t13-/m0/s1. The number of methoxy groups -OCH3 is 2. The summed E-state index contributed by atoms with van der Waals surface area (Å²) in [4.78, 5) is 26.5. The van der Waals surface area contributed by atoms with Gasteiger partial charge in [0.25, 0.3) is 5.91 Å². The molecule has 0 radical (unpaired) electrons. The van der Waals surface area contributed by atoms with Gasteiger partial charge in [-0.05, 0) is 30.2 Å². The lowest BCUT2D eigenvalue weighted by atomic mass is 9.89. The van der Waals surface area contributed by atoms with Crippen LogP contribution in [0, 0.1) is 0 Å². The Hall–Kier alpha value is -2.73. The van der Waals surface area contributed by atoms with Gasteiger partial charge in [0.05, 0.1) is 25.2 Å². The molecular weight excluding hydrogens is 356 g/mol. The molecule has 1 heterocycles. The maximum atomic E-state index is 13.1. The normalized spacial score (nSPS) is 16.0. The quantitative estimate of drug-likeness (QED) is 0.891. The van der Waals surface area contributed by atoms with E-state index in [0.717, 1.165) is 5.56 Å². The van der Waals surface area contributed by atoms with Crippen LogP contribution in [0.3, 0.4) is 0 Å². The van der Waals surface area contributed by atoms with Crippen LogP contribution >= 0.6 is 11.6 Å². The van der Waals surface area contributed by atoms with Crippen LogP contribution < -0.4 is 20.1 Å². The molecule has 136 valence electrons. The summed E-state index contributed by atoms with van der Waals surface area (Å²) in [5.74, 6) is -0.270. The fourth-order valence-corrected chi connectivity index (χ4v) is 3.55. The Balaban J connectivity index is 2.02. The molecule has 26 heavy (non-hydrogen) atoms. The van der Waals surface area contributed by atoms with Crippen molar-refractivity contribution in [3.05, 3.63) is 52.5 Å². The summed E-state index contributed by atoms with van der Waals surface area (Å²) >= 11 is 6.22. The van der Waals surface area contributed by atoms with Gasteiger partial charge in [0.15, 0.2) is 11.5 Å². The molecule has 2 amide bonds. The second-order valence-electron chi connectivity index (χ2n) is 5.95. The van der Waals surface area contributed by atoms with Crippen molar-refractivity contribution >= 4 is 29.1 Å². The number of rotatable bonds is 4. The van der Waals surface area contributed by atoms with Crippen molar-refractivity contribution < 1.29 is 19.1 Å². The van der Waals surface area contributed by atoms with Crippen LogP contribution in [0.25, 0.3) is 0 Å². The summed E-state index contributed by atoms with van der Waals surface area (Å²) in [6, 6.07) is 10.4. The third kappa shape index (κ3) is 3.08. The minimum atomic E-state index is -0.399. The smallest absolute Gasteiger partial charge is 0.258 e. The molecule has 0 saturated carbocycles. The highest BCUT2D eigenvalue weighted by Crippen LogP contribution is 2.39. The summed E-state index contributed by atoms with van der Waals surface area (Å²) in [6.07, 6.45) is 0.471. The van der Waals surface area contributed by atoms with Gasteiger partial charge < -0.3 is 20.1 Å². The highest BCUT2D eigenvalue weighted by molar-refractivity contribution is 6.32. The van der Waals surface area contributed by atoms with Gasteiger partial charge in [-0.15, -0.1) is 0 Å². The first-order valence-corrected chi connectivity index (χ1v) is 8.47. The Morgan fingerprint density at radius 1 is 1.19 bits per heavy atom. The lowest BCUT2D eigenvalue weighted by molar-refractivity contribution is -0.119. The Morgan fingerprint density at radius 2 is 1.92 bits per heavy atom. The van der Waals surface area contributed by atoms with Gasteiger partial charge in [0.1, 0.15) is 0 Å². The predicted octanol–water partition coefficient (Wildman–Crippen LogP) is 2.98. The number of carbonyl (C=O) groups excluding carboxylic acids is 2. The van der Waals surface area contributed by atoms with Crippen molar-refractivity contribution in [2.75, 3.05) is 25.7 Å².